The Morgan fingerprint density at radius 2 is 1.88 bits per heavy atom. The molecule has 0 N–H and O–H groups in total. The first-order valence-electron chi connectivity index (χ1n) is 8.53. The second-order valence-electron chi connectivity index (χ2n) is 6.86. The Labute approximate surface area is 142 Å². The van der Waals surface area contributed by atoms with Gasteiger partial charge in [0, 0.05) is 38.0 Å². The first-order valence-corrected chi connectivity index (χ1v) is 8.53. The maximum absolute atomic E-state index is 13.1. The lowest BCUT2D eigenvalue weighted by molar-refractivity contribution is -0.138. The lowest BCUT2D eigenvalue weighted by atomic mass is 9.92. The van der Waals surface area contributed by atoms with Crippen LogP contribution in [0.1, 0.15) is 40.6 Å². The molecule has 1 fully saturated rings. The van der Waals surface area contributed by atoms with Gasteiger partial charge in [-0.25, -0.2) is 0 Å². The SMILES string of the molecule is Cc1nn(C)c(C)c1[C@H]1OCC[C@@H]1C(=O)N1Cc2ccccc2C1. The zero-order valence-electron chi connectivity index (χ0n) is 14.5. The lowest BCUT2D eigenvalue weighted by Crippen LogP contribution is -2.33. The minimum absolute atomic E-state index is 0.110. The molecule has 0 spiro atoms. The molecule has 0 aliphatic carbocycles. The van der Waals surface area contributed by atoms with Gasteiger partial charge in [-0.05, 0) is 31.4 Å². The molecule has 0 saturated carbocycles. The lowest BCUT2D eigenvalue weighted by Gasteiger charge is -2.24. The summed E-state index contributed by atoms with van der Waals surface area (Å²) in [5.74, 6) is 0.0947. The molecule has 0 bridgehead atoms. The largest absolute Gasteiger partial charge is 0.373 e. The molecule has 4 rings (SSSR count). The van der Waals surface area contributed by atoms with Gasteiger partial charge in [0.25, 0.3) is 0 Å². The summed E-state index contributed by atoms with van der Waals surface area (Å²) in [5.41, 5.74) is 5.65. The molecule has 3 heterocycles. The minimum atomic E-state index is -0.171. The van der Waals surface area contributed by atoms with Crippen LogP contribution in [-0.2, 0) is 29.7 Å². The number of aromatic nitrogens is 2. The molecular formula is C19H23N3O2. The number of carbonyl (C=O) groups is 1. The average molecular weight is 325 g/mol. The van der Waals surface area contributed by atoms with E-state index in [-0.39, 0.29) is 17.9 Å². The maximum atomic E-state index is 13.1. The van der Waals surface area contributed by atoms with E-state index in [0.29, 0.717) is 19.7 Å². The Kier molecular flexibility index (Phi) is 3.68. The summed E-state index contributed by atoms with van der Waals surface area (Å²) in [4.78, 5) is 15.1. The molecule has 0 unspecified atom stereocenters. The predicted molar refractivity (Wildman–Crippen MR) is 90.2 cm³/mol. The van der Waals surface area contributed by atoms with Gasteiger partial charge in [0.05, 0.1) is 17.7 Å². The number of rotatable bonds is 2. The normalized spacial score (nSPS) is 22.9. The Morgan fingerprint density at radius 1 is 1.21 bits per heavy atom. The number of benzene rings is 1. The van der Waals surface area contributed by atoms with Crippen LogP contribution in [0.2, 0.25) is 0 Å². The van der Waals surface area contributed by atoms with Crippen molar-refractivity contribution in [2.75, 3.05) is 6.61 Å². The third-order valence-electron chi connectivity index (χ3n) is 5.41. The molecule has 1 saturated heterocycles. The topological polar surface area (TPSA) is 47.4 Å². The third kappa shape index (κ3) is 2.35. The molecule has 0 radical (unpaired) electrons. The van der Waals surface area contributed by atoms with Crippen molar-refractivity contribution < 1.29 is 9.53 Å². The Morgan fingerprint density at radius 3 is 2.46 bits per heavy atom. The molecular weight excluding hydrogens is 302 g/mol. The third-order valence-corrected chi connectivity index (χ3v) is 5.41. The maximum Gasteiger partial charge on any atom is 0.229 e. The number of aryl methyl sites for hydroxylation is 2. The van der Waals surface area contributed by atoms with E-state index in [0.717, 1.165) is 23.4 Å². The fourth-order valence-electron chi connectivity index (χ4n) is 4.05. The molecule has 5 nitrogen and oxygen atoms in total. The number of hydrogen-bond acceptors (Lipinski definition) is 3. The fourth-order valence-corrected chi connectivity index (χ4v) is 4.05. The van der Waals surface area contributed by atoms with Crippen LogP contribution in [0.15, 0.2) is 24.3 Å². The van der Waals surface area contributed by atoms with Crippen molar-refractivity contribution in [1.29, 1.82) is 0 Å². The predicted octanol–water partition coefficient (Wildman–Crippen LogP) is 2.66. The van der Waals surface area contributed by atoms with E-state index < -0.39 is 0 Å². The summed E-state index contributed by atoms with van der Waals surface area (Å²) in [6, 6.07) is 8.30. The van der Waals surface area contributed by atoms with Gasteiger partial charge in [0.15, 0.2) is 0 Å². The smallest absolute Gasteiger partial charge is 0.229 e. The van der Waals surface area contributed by atoms with Gasteiger partial charge in [-0.15, -0.1) is 0 Å². The fraction of sp³-hybridized carbons (Fsp3) is 0.474. The summed E-state index contributed by atoms with van der Waals surface area (Å²) in [6.07, 6.45) is 0.610. The second-order valence-corrected chi connectivity index (χ2v) is 6.86. The summed E-state index contributed by atoms with van der Waals surface area (Å²) in [5, 5.41) is 4.49. The Bertz CT molecular complexity index is 771. The van der Waals surface area contributed by atoms with Gasteiger partial charge in [-0.3, -0.25) is 9.48 Å². The minimum Gasteiger partial charge on any atom is -0.373 e. The first kappa shape index (κ1) is 15.4. The Hall–Kier alpha value is -2.14. The number of amides is 1. The highest BCUT2D eigenvalue weighted by atomic mass is 16.5. The number of fused-ring (bicyclic) bond motifs is 1. The molecule has 1 amide bonds. The van der Waals surface area contributed by atoms with Crippen LogP contribution >= 0.6 is 0 Å². The molecule has 2 aromatic rings. The van der Waals surface area contributed by atoms with Crippen LogP contribution in [0.25, 0.3) is 0 Å². The summed E-state index contributed by atoms with van der Waals surface area (Å²) < 4.78 is 7.86. The van der Waals surface area contributed by atoms with Crippen LogP contribution < -0.4 is 0 Å². The van der Waals surface area contributed by atoms with Crippen molar-refractivity contribution in [2.24, 2.45) is 13.0 Å². The van der Waals surface area contributed by atoms with Gasteiger partial charge >= 0.3 is 0 Å². The average Bonchev–Trinajstić information content (AvgIpc) is 3.25. The van der Waals surface area contributed by atoms with Crippen LogP contribution in [0, 0.1) is 19.8 Å². The quantitative estimate of drug-likeness (QED) is 0.853. The number of hydrogen-bond donors (Lipinski definition) is 0. The highest BCUT2D eigenvalue weighted by molar-refractivity contribution is 5.80. The molecule has 24 heavy (non-hydrogen) atoms. The Balaban J connectivity index is 1.59. The highest BCUT2D eigenvalue weighted by Crippen LogP contribution is 2.39. The highest BCUT2D eigenvalue weighted by Gasteiger charge is 2.41. The van der Waals surface area contributed by atoms with Gasteiger partial charge in [0.2, 0.25) is 5.91 Å². The van der Waals surface area contributed by atoms with Gasteiger partial charge in [0.1, 0.15) is 0 Å². The monoisotopic (exact) mass is 325 g/mol. The van der Waals surface area contributed by atoms with E-state index in [9.17, 15) is 4.79 Å². The van der Waals surface area contributed by atoms with Gasteiger partial charge in [-0.2, -0.15) is 5.10 Å². The van der Waals surface area contributed by atoms with Crippen molar-refractivity contribution >= 4 is 5.91 Å². The molecule has 1 aromatic carbocycles. The van der Waals surface area contributed by atoms with E-state index >= 15 is 0 Å². The zero-order valence-corrected chi connectivity index (χ0v) is 14.5. The van der Waals surface area contributed by atoms with E-state index in [4.69, 9.17) is 4.74 Å². The number of ether oxygens (including phenoxy) is 1. The first-order chi connectivity index (χ1) is 11.6. The molecule has 2 atom stereocenters. The van der Waals surface area contributed by atoms with E-state index in [1.54, 1.807) is 0 Å². The van der Waals surface area contributed by atoms with E-state index in [1.807, 2.05) is 42.6 Å². The van der Waals surface area contributed by atoms with E-state index in [1.165, 1.54) is 11.1 Å². The van der Waals surface area contributed by atoms with Crippen LogP contribution in [0.4, 0.5) is 0 Å². The van der Waals surface area contributed by atoms with Crippen molar-refractivity contribution in [3.05, 3.63) is 52.3 Å². The second kappa shape index (κ2) is 5.74. The molecule has 2 aliphatic heterocycles. The summed E-state index contributed by atoms with van der Waals surface area (Å²) in [7, 11) is 1.94. The molecule has 126 valence electrons. The van der Waals surface area contributed by atoms with Crippen LogP contribution in [0.3, 0.4) is 0 Å². The van der Waals surface area contributed by atoms with E-state index in [2.05, 4.69) is 17.2 Å². The number of nitrogens with zero attached hydrogens (tertiary/aromatic N) is 3. The van der Waals surface area contributed by atoms with Crippen molar-refractivity contribution in [3.8, 4) is 0 Å². The zero-order chi connectivity index (χ0) is 16.8. The van der Waals surface area contributed by atoms with Crippen molar-refractivity contribution in [3.63, 3.8) is 0 Å². The van der Waals surface area contributed by atoms with Crippen molar-refractivity contribution in [2.45, 2.75) is 39.5 Å². The van der Waals surface area contributed by atoms with Gasteiger partial charge in [-0.1, -0.05) is 24.3 Å². The van der Waals surface area contributed by atoms with Crippen LogP contribution in [0.5, 0.6) is 0 Å². The standard InChI is InChI=1S/C19H23N3O2/c1-12-17(13(2)21(3)20-12)18-16(8-9-24-18)19(23)22-10-14-6-4-5-7-15(14)11-22/h4-7,16,18H,8-11H2,1-3H3/t16-,18-/m0/s1. The van der Waals surface area contributed by atoms with Crippen molar-refractivity contribution in [1.82, 2.24) is 14.7 Å². The van der Waals surface area contributed by atoms with Gasteiger partial charge < -0.3 is 9.64 Å². The summed E-state index contributed by atoms with van der Waals surface area (Å²) >= 11 is 0. The molecule has 2 aliphatic rings. The summed E-state index contributed by atoms with van der Waals surface area (Å²) in [6.45, 7) is 6.10. The van der Waals surface area contributed by atoms with Crippen LogP contribution in [-0.4, -0.2) is 27.2 Å². The molecule has 5 heteroatoms. The molecule has 1 aromatic heterocycles. The number of carbonyl (C=O) groups excluding carboxylic acids is 1.